The number of hydrogen-bond donors (Lipinski definition) is 3. The third-order valence-corrected chi connectivity index (χ3v) is 2.92. The highest BCUT2D eigenvalue weighted by Gasteiger charge is 2.38. The highest BCUT2D eigenvalue weighted by Crippen LogP contribution is 2.29. The first-order valence-corrected chi connectivity index (χ1v) is 7.03. The molecule has 0 saturated carbocycles. The second kappa shape index (κ2) is 7.64. The summed E-state index contributed by atoms with van der Waals surface area (Å²) in [6, 6.07) is 5.22. The van der Waals surface area contributed by atoms with Gasteiger partial charge in [0.15, 0.2) is 0 Å². The Kier molecular flexibility index (Phi) is 5.57. The first-order chi connectivity index (χ1) is 11.8. The molecular weight excluding hydrogens is 345 g/mol. The van der Waals surface area contributed by atoms with Gasteiger partial charge >= 0.3 is 24.1 Å². The van der Waals surface area contributed by atoms with E-state index in [1.807, 2.05) is 0 Å². The molecule has 0 bridgehead atoms. The second-order valence-corrected chi connectivity index (χ2v) is 4.88. The zero-order chi connectivity index (χ0) is 18.4. The number of urea groups is 1. The van der Waals surface area contributed by atoms with Crippen molar-refractivity contribution in [2.24, 2.45) is 0 Å². The van der Waals surface area contributed by atoms with Crippen molar-refractivity contribution in [1.82, 2.24) is 15.5 Å². The molecule has 25 heavy (non-hydrogen) atoms. The molecule has 0 unspecified atom stereocenters. The number of hydrogen-bond acceptors (Lipinski definition) is 5. The smallest absolute Gasteiger partial charge is 0.471 e. The maximum Gasteiger partial charge on any atom is 0.471 e. The monoisotopic (exact) mass is 358 g/mol. The summed E-state index contributed by atoms with van der Waals surface area (Å²) in [5.41, 5.74) is 0.672. The number of nitrogens with one attached hydrogen (secondary N) is 2. The zero-order valence-corrected chi connectivity index (χ0v) is 12.6. The molecule has 1 aromatic heterocycles. The molecule has 8 nitrogen and oxygen atoms in total. The number of nitrogens with zero attached hydrogens (tertiary/aromatic N) is 2. The molecule has 0 radical (unpaired) electrons. The number of alkyl halides is 3. The first kappa shape index (κ1) is 18.2. The van der Waals surface area contributed by atoms with Crippen LogP contribution in [0.15, 0.2) is 28.8 Å². The molecule has 3 N–H and O–H groups in total. The van der Waals surface area contributed by atoms with Gasteiger partial charge < -0.3 is 20.3 Å². The molecule has 11 heteroatoms. The molecule has 0 aliphatic rings. The molecule has 134 valence electrons. The fourth-order valence-electron chi connectivity index (χ4n) is 1.78. The lowest BCUT2D eigenvalue weighted by atomic mass is 10.2. The number of anilines is 1. The van der Waals surface area contributed by atoms with Crippen LogP contribution in [0.2, 0.25) is 0 Å². The summed E-state index contributed by atoms with van der Waals surface area (Å²) in [6.07, 6.45) is -4.48. The number of carboxylic acid groups (broad SMARTS) is 1. The zero-order valence-electron chi connectivity index (χ0n) is 12.6. The fraction of sp³-hybridized carbons (Fsp3) is 0.286. The van der Waals surface area contributed by atoms with Gasteiger partial charge in [0.2, 0.25) is 5.82 Å². The fourth-order valence-corrected chi connectivity index (χ4v) is 1.78. The molecule has 0 aliphatic carbocycles. The number of amides is 2. The van der Waals surface area contributed by atoms with Crippen LogP contribution in [0.3, 0.4) is 0 Å². The van der Waals surface area contributed by atoms with Gasteiger partial charge in [0.1, 0.15) is 0 Å². The number of aromatic nitrogens is 2. The third-order valence-electron chi connectivity index (χ3n) is 2.92. The van der Waals surface area contributed by atoms with E-state index in [0.717, 1.165) is 0 Å². The van der Waals surface area contributed by atoms with Gasteiger partial charge in [-0.2, -0.15) is 18.2 Å². The summed E-state index contributed by atoms with van der Waals surface area (Å²) in [7, 11) is 0. The highest BCUT2D eigenvalue weighted by molar-refractivity contribution is 5.89. The minimum absolute atomic E-state index is 0.0560. The van der Waals surface area contributed by atoms with Crippen molar-refractivity contribution in [2.75, 3.05) is 11.9 Å². The molecule has 0 fully saturated rings. The normalized spacial score (nSPS) is 11.2. The molecule has 0 spiro atoms. The van der Waals surface area contributed by atoms with Gasteiger partial charge in [-0.05, 0) is 30.7 Å². The van der Waals surface area contributed by atoms with Crippen molar-refractivity contribution in [3.8, 4) is 11.4 Å². The average Bonchev–Trinajstić information content (AvgIpc) is 3.02. The van der Waals surface area contributed by atoms with Crippen LogP contribution >= 0.6 is 0 Å². The van der Waals surface area contributed by atoms with Crippen LogP contribution in [-0.2, 0) is 11.0 Å². The predicted molar refractivity (Wildman–Crippen MR) is 78.6 cm³/mol. The average molecular weight is 358 g/mol. The molecule has 0 saturated heterocycles. The van der Waals surface area contributed by atoms with Crippen molar-refractivity contribution >= 4 is 17.7 Å². The Morgan fingerprint density at radius 2 is 1.88 bits per heavy atom. The van der Waals surface area contributed by atoms with Gasteiger partial charge in [-0.25, -0.2) is 4.79 Å². The van der Waals surface area contributed by atoms with Gasteiger partial charge in [0.25, 0.3) is 0 Å². The van der Waals surface area contributed by atoms with Crippen LogP contribution in [0.25, 0.3) is 11.4 Å². The first-order valence-electron chi connectivity index (χ1n) is 7.03. The van der Waals surface area contributed by atoms with E-state index in [2.05, 4.69) is 25.3 Å². The molecule has 1 aromatic carbocycles. The van der Waals surface area contributed by atoms with Crippen molar-refractivity contribution < 1.29 is 32.4 Å². The Bertz CT molecular complexity index is 743. The van der Waals surface area contributed by atoms with E-state index < -0.39 is 24.1 Å². The van der Waals surface area contributed by atoms with E-state index in [0.29, 0.717) is 12.1 Å². The topological polar surface area (TPSA) is 117 Å². The molecule has 2 amide bonds. The Morgan fingerprint density at radius 3 is 2.44 bits per heavy atom. The lowest BCUT2D eigenvalue weighted by Gasteiger charge is -2.07. The number of carboxylic acids is 1. The van der Waals surface area contributed by atoms with Crippen LogP contribution in [0.5, 0.6) is 0 Å². The van der Waals surface area contributed by atoms with E-state index >= 15 is 0 Å². The van der Waals surface area contributed by atoms with E-state index in [9.17, 15) is 22.8 Å². The van der Waals surface area contributed by atoms with Crippen molar-refractivity contribution in [1.29, 1.82) is 0 Å². The summed E-state index contributed by atoms with van der Waals surface area (Å²) in [6.45, 7) is 0.194. The Morgan fingerprint density at radius 1 is 1.20 bits per heavy atom. The summed E-state index contributed by atoms with van der Waals surface area (Å²) in [4.78, 5) is 25.2. The molecule has 0 aliphatic heterocycles. The minimum Gasteiger partial charge on any atom is -0.481 e. The molecular formula is C14H13F3N4O4. The minimum atomic E-state index is -4.72. The van der Waals surface area contributed by atoms with Gasteiger partial charge in [0, 0.05) is 24.2 Å². The van der Waals surface area contributed by atoms with Crippen LogP contribution in [0, 0.1) is 0 Å². The number of halogens is 3. The van der Waals surface area contributed by atoms with Crippen molar-refractivity contribution in [2.45, 2.75) is 19.0 Å². The van der Waals surface area contributed by atoms with Crippen LogP contribution < -0.4 is 10.6 Å². The third kappa shape index (κ3) is 5.48. The summed E-state index contributed by atoms with van der Waals surface area (Å²) < 4.78 is 41.4. The Labute approximate surface area is 139 Å². The standard InChI is InChI=1S/C14H13F3N4O4/c15-14(16,17)12-20-11(21-25-12)8-3-5-9(6-4-8)19-13(24)18-7-1-2-10(22)23/h3-6H,1-2,7H2,(H,22,23)(H2,18,19,24). The summed E-state index contributed by atoms with van der Waals surface area (Å²) in [5, 5.41) is 16.7. The number of aliphatic carboxylic acids is 1. The lowest BCUT2D eigenvalue weighted by Crippen LogP contribution is -2.29. The number of carbonyl (C=O) groups excluding carboxylic acids is 1. The van der Waals surface area contributed by atoms with Crippen LogP contribution in [-0.4, -0.2) is 33.8 Å². The quantitative estimate of drug-likeness (QED) is 0.684. The number of rotatable bonds is 6. The molecule has 2 rings (SSSR count). The highest BCUT2D eigenvalue weighted by atomic mass is 19.4. The van der Waals surface area contributed by atoms with Crippen LogP contribution in [0.4, 0.5) is 23.7 Å². The van der Waals surface area contributed by atoms with E-state index in [1.165, 1.54) is 24.3 Å². The second-order valence-electron chi connectivity index (χ2n) is 4.88. The van der Waals surface area contributed by atoms with Gasteiger partial charge in [-0.1, -0.05) is 5.16 Å². The Hall–Kier alpha value is -3.11. The Balaban J connectivity index is 1.90. The van der Waals surface area contributed by atoms with Crippen molar-refractivity contribution in [3.05, 3.63) is 30.2 Å². The molecule has 1 heterocycles. The lowest BCUT2D eigenvalue weighted by molar-refractivity contribution is -0.159. The maximum absolute atomic E-state index is 12.4. The van der Waals surface area contributed by atoms with E-state index in [4.69, 9.17) is 5.11 Å². The number of benzene rings is 1. The van der Waals surface area contributed by atoms with Gasteiger partial charge in [-0.3, -0.25) is 4.79 Å². The predicted octanol–water partition coefficient (Wildman–Crippen LogP) is 2.74. The molecule has 2 aromatic rings. The SMILES string of the molecule is O=C(O)CCCNC(=O)Nc1ccc(-c2noc(C(F)(F)F)n2)cc1. The van der Waals surface area contributed by atoms with Gasteiger partial charge in [-0.15, -0.1) is 0 Å². The number of carbonyl (C=O) groups is 2. The summed E-state index contributed by atoms with van der Waals surface area (Å²) >= 11 is 0. The largest absolute Gasteiger partial charge is 0.481 e. The van der Waals surface area contributed by atoms with E-state index in [-0.39, 0.29) is 24.4 Å². The van der Waals surface area contributed by atoms with Crippen LogP contribution in [0.1, 0.15) is 18.7 Å². The summed E-state index contributed by atoms with van der Waals surface area (Å²) in [5.74, 6) is -2.62. The van der Waals surface area contributed by atoms with Crippen molar-refractivity contribution in [3.63, 3.8) is 0 Å². The van der Waals surface area contributed by atoms with E-state index in [1.54, 1.807) is 0 Å². The van der Waals surface area contributed by atoms with Gasteiger partial charge in [0.05, 0.1) is 0 Å². The maximum atomic E-state index is 12.4. The molecule has 0 atom stereocenters.